The number of hydrogen-bond donors (Lipinski definition) is 0. The number of rotatable bonds is 5. The van der Waals surface area contributed by atoms with Crippen LogP contribution in [0.1, 0.15) is 11.1 Å². The van der Waals surface area contributed by atoms with Crippen LogP contribution < -0.4 is 4.80 Å². The number of thiazole rings is 1. The fourth-order valence-electron chi connectivity index (χ4n) is 2.34. The van der Waals surface area contributed by atoms with Crippen LogP contribution >= 0.6 is 11.3 Å². The molecule has 0 saturated heterocycles. The molecule has 0 aliphatic heterocycles. The number of benzene rings is 2. The minimum atomic E-state index is 0.578. The molecule has 120 valence electrons. The average Bonchev–Trinajstić information content (AvgIpc) is 3.02. The molecular weight excluding hydrogens is 314 g/mol. The Labute approximate surface area is 146 Å². The van der Waals surface area contributed by atoms with Crippen LogP contribution in [0.5, 0.6) is 0 Å². The highest BCUT2D eigenvalue weighted by Gasteiger charge is 2.06. The van der Waals surface area contributed by atoms with Crippen LogP contribution in [0.2, 0.25) is 0 Å². The monoisotopic (exact) mass is 333 g/mol. The lowest BCUT2D eigenvalue weighted by Gasteiger charge is -2.03. The smallest absolute Gasteiger partial charge is 0.206 e. The van der Waals surface area contributed by atoms with E-state index in [1.54, 1.807) is 17.4 Å². The van der Waals surface area contributed by atoms with E-state index in [-0.39, 0.29) is 0 Å². The van der Waals surface area contributed by atoms with Crippen molar-refractivity contribution in [3.05, 3.63) is 88.6 Å². The quantitative estimate of drug-likeness (QED) is 0.486. The van der Waals surface area contributed by atoms with Crippen molar-refractivity contribution >= 4 is 17.6 Å². The van der Waals surface area contributed by atoms with Gasteiger partial charge in [0.15, 0.2) is 0 Å². The van der Waals surface area contributed by atoms with Crippen molar-refractivity contribution in [3.63, 3.8) is 0 Å². The molecule has 4 heteroatoms. The van der Waals surface area contributed by atoms with Gasteiger partial charge in [-0.05, 0) is 12.5 Å². The predicted molar refractivity (Wildman–Crippen MR) is 103 cm³/mol. The van der Waals surface area contributed by atoms with Crippen LogP contribution in [0.4, 0.5) is 0 Å². The average molecular weight is 333 g/mol. The van der Waals surface area contributed by atoms with Crippen molar-refractivity contribution in [2.24, 2.45) is 10.1 Å². The zero-order valence-electron chi connectivity index (χ0n) is 13.6. The van der Waals surface area contributed by atoms with Gasteiger partial charge in [-0.2, -0.15) is 5.10 Å². The molecule has 1 heterocycles. The van der Waals surface area contributed by atoms with Crippen molar-refractivity contribution in [2.45, 2.75) is 6.92 Å². The molecule has 0 fully saturated rings. The lowest BCUT2D eigenvalue weighted by atomic mass is 10.2. The highest BCUT2D eigenvalue weighted by atomic mass is 32.1. The maximum Gasteiger partial charge on any atom is 0.206 e. The Kier molecular flexibility index (Phi) is 5.18. The molecule has 0 saturated carbocycles. The Hall–Kier alpha value is -2.72. The van der Waals surface area contributed by atoms with Crippen LogP contribution in [0.25, 0.3) is 11.3 Å². The molecule has 24 heavy (non-hydrogen) atoms. The van der Waals surface area contributed by atoms with E-state index in [2.05, 4.69) is 53.2 Å². The largest absolute Gasteiger partial charge is 0.253 e. The Balaban J connectivity index is 2.06. The zero-order chi connectivity index (χ0) is 16.8. The van der Waals surface area contributed by atoms with Crippen LogP contribution in [0, 0.1) is 6.92 Å². The number of hydrogen-bond acceptors (Lipinski definition) is 3. The maximum absolute atomic E-state index is 4.68. The first kappa shape index (κ1) is 16.1. The highest BCUT2D eigenvalue weighted by molar-refractivity contribution is 7.07. The van der Waals surface area contributed by atoms with E-state index < -0.39 is 0 Å². The molecule has 0 aliphatic carbocycles. The lowest BCUT2D eigenvalue weighted by molar-refractivity contribution is 0.840. The normalized spacial score (nSPS) is 12.0. The van der Waals surface area contributed by atoms with Crippen LogP contribution in [0.3, 0.4) is 0 Å². The molecule has 0 bridgehead atoms. The van der Waals surface area contributed by atoms with E-state index in [9.17, 15) is 0 Å². The van der Waals surface area contributed by atoms with Crippen LogP contribution in [0.15, 0.2) is 82.7 Å². The van der Waals surface area contributed by atoms with Gasteiger partial charge in [0.1, 0.15) is 0 Å². The van der Waals surface area contributed by atoms with E-state index in [0.717, 1.165) is 21.6 Å². The molecule has 0 N–H and O–H groups in total. The summed E-state index contributed by atoms with van der Waals surface area (Å²) in [4.78, 5) is 5.41. The van der Waals surface area contributed by atoms with E-state index in [1.807, 2.05) is 41.2 Å². The Bertz CT molecular complexity index is 917. The Morgan fingerprint density at radius 1 is 1.12 bits per heavy atom. The summed E-state index contributed by atoms with van der Waals surface area (Å²) in [6, 6.07) is 18.5. The van der Waals surface area contributed by atoms with E-state index in [1.165, 1.54) is 5.56 Å². The standard InChI is InChI=1S/C20H19N3S/c1-3-12-21-20-23(22-14-17-9-7-8-16(2)13-17)19(15-24-20)18-10-5-4-6-11-18/h3-11,13-15H,1,12H2,2H3. The summed E-state index contributed by atoms with van der Waals surface area (Å²) in [5.41, 5.74) is 4.44. The summed E-state index contributed by atoms with van der Waals surface area (Å²) in [6.45, 7) is 6.39. The SMILES string of the molecule is C=CCN=c1scc(-c2ccccc2)n1N=Cc1cccc(C)c1. The van der Waals surface area contributed by atoms with E-state index in [4.69, 9.17) is 0 Å². The summed E-state index contributed by atoms with van der Waals surface area (Å²) in [7, 11) is 0. The topological polar surface area (TPSA) is 29.6 Å². The third kappa shape index (κ3) is 3.78. The van der Waals surface area contributed by atoms with Crippen molar-refractivity contribution < 1.29 is 0 Å². The van der Waals surface area contributed by atoms with Crippen molar-refractivity contribution in [3.8, 4) is 11.3 Å². The van der Waals surface area contributed by atoms with Gasteiger partial charge in [-0.1, -0.05) is 66.2 Å². The van der Waals surface area contributed by atoms with E-state index in [0.29, 0.717) is 6.54 Å². The summed E-state index contributed by atoms with van der Waals surface area (Å²) in [5.74, 6) is 0. The molecule has 0 spiro atoms. The number of nitrogens with zero attached hydrogens (tertiary/aromatic N) is 3. The number of aryl methyl sites for hydroxylation is 1. The molecule has 3 nitrogen and oxygen atoms in total. The Morgan fingerprint density at radius 2 is 1.96 bits per heavy atom. The fourth-order valence-corrected chi connectivity index (χ4v) is 3.19. The molecular formula is C20H19N3S. The Morgan fingerprint density at radius 3 is 2.71 bits per heavy atom. The van der Waals surface area contributed by atoms with Gasteiger partial charge in [0, 0.05) is 10.9 Å². The molecule has 3 rings (SSSR count). The highest BCUT2D eigenvalue weighted by Crippen LogP contribution is 2.19. The molecule has 2 aromatic carbocycles. The lowest BCUT2D eigenvalue weighted by Crippen LogP contribution is -2.12. The van der Waals surface area contributed by atoms with Gasteiger partial charge in [0.2, 0.25) is 4.80 Å². The first-order chi connectivity index (χ1) is 11.8. The van der Waals surface area contributed by atoms with Gasteiger partial charge in [0.05, 0.1) is 18.5 Å². The van der Waals surface area contributed by atoms with Gasteiger partial charge in [-0.3, -0.25) is 4.99 Å². The zero-order valence-corrected chi connectivity index (χ0v) is 14.4. The molecule has 0 radical (unpaired) electrons. The minimum Gasteiger partial charge on any atom is -0.253 e. The summed E-state index contributed by atoms with van der Waals surface area (Å²) in [5, 5.41) is 6.77. The second kappa shape index (κ2) is 7.70. The summed E-state index contributed by atoms with van der Waals surface area (Å²) < 4.78 is 1.89. The minimum absolute atomic E-state index is 0.578. The number of aromatic nitrogens is 1. The first-order valence-electron chi connectivity index (χ1n) is 7.76. The van der Waals surface area contributed by atoms with Gasteiger partial charge < -0.3 is 0 Å². The molecule has 0 amide bonds. The fraction of sp³-hybridized carbons (Fsp3) is 0.100. The van der Waals surface area contributed by atoms with E-state index >= 15 is 0 Å². The second-order valence-corrected chi connectivity index (χ2v) is 6.21. The van der Waals surface area contributed by atoms with Gasteiger partial charge in [-0.15, -0.1) is 17.9 Å². The third-order valence-electron chi connectivity index (χ3n) is 3.47. The summed E-state index contributed by atoms with van der Waals surface area (Å²) >= 11 is 1.58. The molecule has 3 aromatic rings. The van der Waals surface area contributed by atoms with Gasteiger partial charge in [0.25, 0.3) is 0 Å². The first-order valence-corrected chi connectivity index (χ1v) is 8.64. The molecule has 1 aromatic heterocycles. The van der Waals surface area contributed by atoms with Crippen molar-refractivity contribution in [1.82, 2.24) is 4.68 Å². The van der Waals surface area contributed by atoms with Crippen LogP contribution in [-0.4, -0.2) is 17.4 Å². The molecule has 0 unspecified atom stereocenters. The molecule has 0 aliphatic rings. The second-order valence-electron chi connectivity index (χ2n) is 5.37. The maximum atomic E-state index is 4.68. The van der Waals surface area contributed by atoms with Crippen molar-refractivity contribution in [2.75, 3.05) is 6.54 Å². The third-order valence-corrected chi connectivity index (χ3v) is 4.33. The summed E-state index contributed by atoms with van der Waals surface area (Å²) in [6.07, 6.45) is 3.66. The van der Waals surface area contributed by atoms with Crippen LogP contribution in [-0.2, 0) is 0 Å². The van der Waals surface area contributed by atoms with Gasteiger partial charge in [-0.25, -0.2) is 4.68 Å². The predicted octanol–water partition coefficient (Wildman–Crippen LogP) is 4.49. The van der Waals surface area contributed by atoms with Crippen molar-refractivity contribution in [1.29, 1.82) is 0 Å². The molecule has 0 atom stereocenters. The van der Waals surface area contributed by atoms with Gasteiger partial charge >= 0.3 is 0 Å².